The van der Waals surface area contributed by atoms with Gasteiger partial charge in [-0.3, -0.25) is 14.5 Å². The van der Waals surface area contributed by atoms with Crippen molar-refractivity contribution in [3.63, 3.8) is 0 Å². The molecule has 5 heteroatoms. The van der Waals surface area contributed by atoms with Gasteiger partial charge in [0.1, 0.15) is 0 Å². The van der Waals surface area contributed by atoms with Crippen LogP contribution < -0.4 is 0 Å². The Labute approximate surface area is 139 Å². The molecule has 3 saturated heterocycles. The maximum absolute atomic E-state index is 12.9. The lowest BCUT2D eigenvalue weighted by Crippen LogP contribution is -2.47. The molecule has 128 valence electrons. The zero-order valence-corrected chi connectivity index (χ0v) is 14.1. The van der Waals surface area contributed by atoms with E-state index in [9.17, 15) is 9.59 Å². The molecular formula is C18H29N3O2. The quantitative estimate of drug-likeness (QED) is 0.788. The third-order valence-electron chi connectivity index (χ3n) is 6.14. The zero-order valence-electron chi connectivity index (χ0n) is 14.1. The molecule has 2 atom stereocenters. The standard InChI is InChI=1S/C18H29N3O2/c22-17(14-5-6-14)20-10-3-4-15(12-20)18(23)21-11-7-16(13-21)19-8-1-2-9-19/h14-16H,1-13H2/t15-,16+/m0/s1. The van der Waals surface area contributed by atoms with Crippen LogP contribution in [-0.2, 0) is 9.59 Å². The maximum Gasteiger partial charge on any atom is 0.227 e. The number of piperidine rings is 1. The van der Waals surface area contributed by atoms with E-state index in [0.29, 0.717) is 24.4 Å². The molecule has 4 fully saturated rings. The minimum atomic E-state index is 0.0452. The molecule has 1 saturated carbocycles. The number of amides is 2. The minimum Gasteiger partial charge on any atom is -0.342 e. The highest BCUT2D eigenvalue weighted by Crippen LogP contribution is 2.33. The highest BCUT2D eigenvalue weighted by molar-refractivity contribution is 5.83. The average molecular weight is 319 g/mol. The number of carbonyl (C=O) groups is 2. The first-order valence-electron chi connectivity index (χ1n) is 9.54. The van der Waals surface area contributed by atoms with Gasteiger partial charge in [0.15, 0.2) is 0 Å². The number of hydrogen-bond donors (Lipinski definition) is 0. The van der Waals surface area contributed by atoms with Crippen LogP contribution in [0.2, 0.25) is 0 Å². The van der Waals surface area contributed by atoms with E-state index in [2.05, 4.69) is 9.80 Å². The predicted octanol–water partition coefficient (Wildman–Crippen LogP) is 1.33. The summed E-state index contributed by atoms with van der Waals surface area (Å²) < 4.78 is 0. The van der Waals surface area contributed by atoms with Crippen molar-refractivity contribution >= 4 is 11.8 Å². The summed E-state index contributed by atoms with van der Waals surface area (Å²) in [6, 6.07) is 0.578. The molecule has 0 bridgehead atoms. The Morgan fingerprint density at radius 1 is 0.652 bits per heavy atom. The van der Waals surface area contributed by atoms with Crippen molar-refractivity contribution in [1.29, 1.82) is 0 Å². The molecule has 3 aliphatic heterocycles. The fraction of sp³-hybridized carbons (Fsp3) is 0.889. The van der Waals surface area contributed by atoms with Crippen LogP contribution in [-0.4, -0.2) is 71.8 Å². The highest BCUT2D eigenvalue weighted by Gasteiger charge is 2.39. The van der Waals surface area contributed by atoms with Gasteiger partial charge < -0.3 is 9.80 Å². The summed E-state index contributed by atoms with van der Waals surface area (Å²) in [4.78, 5) is 31.8. The molecule has 1 aliphatic carbocycles. The molecule has 0 radical (unpaired) electrons. The van der Waals surface area contributed by atoms with Gasteiger partial charge in [0, 0.05) is 38.1 Å². The molecule has 23 heavy (non-hydrogen) atoms. The number of nitrogens with zero attached hydrogens (tertiary/aromatic N) is 3. The smallest absolute Gasteiger partial charge is 0.227 e. The summed E-state index contributed by atoms with van der Waals surface area (Å²) in [5.41, 5.74) is 0. The second kappa shape index (κ2) is 6.42. The van der Waals surface area contributed by atoms with Crippen molar-refractivity contribution in [3.05, 3.63) is 0 Å². The largest absolute Gasteiger partial charge is 0.342 e. The van der Waals surface area contributed by atoms with Crippen LogP contribution in [0, 0.1) is 11.8 Å². The Balaban J connectivity index is 1.32. The topological polar surface area (TPSA) is 43.9 Å². The van der Waals surface area contributed by atoms with E-state index in [1.807, 2.05) is 4.90 Å². The molecule has 0 aromatic carbocycles. The van der Waals surface area contributed by atoms with Crippen molar-refractivity contribution in [2.24, 2.45) is 11.8 Å². The number of hydrogen-bond acceptors (Lipinski definition) is 3. The van der Waals surface area contributed by atoms with Crippen LogP contribution in [0.1, 0.15) is 44.9 Å². The van der Waals surface area contributed by atoms with Gasteiger partial charge in [-0.15, -0.1) is 0 Å². The molecule has 4 aliphatic rings. The van der Waals surface area contributed by atoms with Crippen molar-refractivity contribution in [3.8, 4) is 0 Å². The van der Waals surface area contributed by atoms with E-state index in [1.165, 1.54) is 25.9 Å². The Bertz CT molecular complexity index is 471. The van der Waals surface area contributed by atoms with E-state index in [0.717, 1.165) is 51.7 Å². The summed E-state index contributed by atoms with van der Waals surface area (Å²) in [7, 11) is 0. The van der Waals surface area contributed by atoms with Crippen molar-refractivity contribution < 1.29 is 9.59 Å². The summed E-state index contributed by atoms with van der Waals surface area (Å²) >= 11 is 0. The van der Waals surface area contributed by atoms with Crippen LogP contribution in [0.3, 0.4) is 0 Å². The summed E-state index contributed by atoms with van der Waals surface area (Å²) in [5.74, 6) is 0.929. The number of rotatable bonds is 3. The second-order valence-corrected chi connectivity index (χ2v) is 7.87. The molecule has 4 rings (SSSR count). The zero-order chi connectivity index (χ0) is 15.8. The fourth-order valence-corrected chi connectivity index (χ4v) is 4.57. The third-order valence-corrected chi connectivity index (χ3v) is 6.14. The van der Waals surface area contributed by atoms with Gasteiger partial charge in [-0.2, -0.15) is 0 Å². The van der Waals surface area contributed by atoms with Gasteiger partial charge in [-0.1, -0.05) is 0 Å². The highest BCUT2D eigenvalue weighted by atomic mass is 16.2. The Morgan fingerprint density at radius 2 is 1.35 bits per heavy atom. The van der Waals surface area contributed by atoms with Crippen molar-refractivity contribution in [1.82, 2.24) is 14.7 Å². The number of carbonyl (C=O) groups excluding carboxylic acids is 2. The lowest BCUT2D eigenvalue weighted by atomic mass is 9.96. The first kappa shape index (κ1) is 15.4. The first-order valence-corrected chi connectivity index (χ1v) is 9.54. The Morgan fingerprint density at radius 3 is 2.09 bits per heavy atom. The van der Waals surface area contributed by atoms with E-state index >= 15 is 0 Å². The van der Waals surface area contributed by atoms with Gasteiger partial charge in [-0.05, 0) is 58.0 Å². The maximum atomic E-state index is 12.9. The van der Waals surface area contributed by atoms with Crippen molar-refractivity contribution in [2.45, 2.75) is 51.0 Å². The van der Waals surface area contributed by atoms with E-state index < -0.39 is 0 Å². The lowest BCUT2D eigenvalue weighted by Gasteiger charge is -2.34. The van der Waals surface area contributed by atoms with E-state index in [4.69, 9.17) is 0 Å². The average Bonchev–Trinajstić information content (AvgIpc) is 3.09. The van der Waals surface area contributed by atoms with Crippen molar-refractivity contribution in [2.75, 3.05) is 39.3 Å². The SMILES string of the molecule is O=C(C1CC1)N1CCC[C@H](C(=O)N2CC[C@@H](N3CCCC3)C2)C1. The fourth-order valence-electron chi connectivity index (χ4n) is 4.57. The summed E-state index contributed by atoms with van der Waals surface area (Å²) in [6.45, 7) is 5.76. The van der Waals surface area contributed by atoms with Gasteiger partial charge in [-0.25, -0.2) is 0 Å². The number of likely N-dealkylation sites (tertiary alicyclic amines) is 3. The second-order valence-electron chi connectivity index (χ2n) is 7.87. The Kier molecular flexibility index (Phi) is 4.31. The molecule has 3 heterocycles. The molecule has 2 amide bonds. The summed E-state index contributed by atoms with van der Waals surface area (Å²) in [6.07, 6.45) is 7.80. The van der Waals surface area contributed by atoms with Gasteiger partial charge >= 0.3 is 0 Å². The van der Waals surface area contributed by atoms with E-state index in [-0.39, 0.29) is 11.8 Å². The lowest BCUT2D eigenvalue weighted by molar-refractivity contribution is -0.140. The van der Waals surface area contributed by atoms with Crippen LogP contribution >= 0.6 is 0 Å². The Hall–Kier alpha value is -1.10. The molecule has 0 aromatic heterocycles. The molecular weight excluding hydrogens is 290 g/mol. The minimum absolute atomic E-state index is 0.0452. The molecule has 0 unspecified atom stereocenters. The monoisotopic (exact) mass is 319 g/mol. The van der Waals surface area contributed by atoms with Crippen LogP contribution in [0.25, 0.3) is 0 Å². The van der Waals surface area contributed by atoms with E-state index in [1.54, 1.807) is 0 Å². The molecule has 0 aromatic rings. The molecule has 0 spiro atoms. The third kappa shape index (κ3) is 3.25. The van der Waals surface area contributed by atoms with Gasteiger partial charge in [0.2, 0.25) is 11.8 Å². The normalized spacial score (nSPS) is 32.5. The predicted molar refractivity (Wildman–Crippen MR) is 87.8 cm³/mol. The van der Waals surface area contributed by atoms with Gasteiger partial charge in [0.05, 0.1) is 5.92 Å². The van der Waals surface area contributed by atoms with Gasteiger partial charge in [0.25, 0.3) is 0 Å². The molecule has 5 nitrogen and oxygen atoms in total. The summed E-state index contributed by atoms with van der Waals surface area (Å²) in [5, 5.41) is 0. The van der Waals surface area contributed by atoms with Crippen LogP contribution in [0.15, 0.2) is 0 Å². The van der Waals surface area contributed by atoms with Crippen LogP contribution in [0.4, 0.5) is 0 Å². The van der Waals surface area contributed by atoms with Crippen LogP contribution in [0.5, 0.6) is 0 Å². The first-order chi connectivity index (χ1) is 11.2. The molecule has 0 N–H and O–H groups in total.